The summed E-state index contributed by atoms with van der Waals surface area (Å²) in [7, 11) is 3.12. The highest BCUT2D eigenvalue weighted by Crippen LogP contribution is 2.31. The maximum atomic E-state index is 12.4. The minimum atomic E-state index is -0.152. The molecule has 0 fully saturated rings. The zero-order valence-corrected chi connectivity index (χ0v) is 15.9. The van der Waals surface area contributed by atoms with Crippen molar-refractivity contribution in [3.05, 3.63) is 53.7 Å². The quantitative estimate of drug-likeness (QED) is 0.487. The van der Waals surface area contributed by atoms with E-state index in [0.717, 1.165) is 17.0 Å². The predicted molar refractivity (Wildman–Crippen MR) is 106 cm³/mol. The molecule has 2 aromatic carbocycles. The summed E-state index contributed by atoms with van der Waals surface area (Å²) in [6.07, 6.45) is 0. The average molecular weight is 370 g/mol. The van der Waals surface area contributed by atoms with E-state index >= 15 is 0 Å². The summed E-state index contributed by atoms with van der Waals surface area (Å²) in [6.45, 7) is 2.64. The van der Waals surface area contributed by atoms with Gasteiger partial charge in [-0.25, -0.2) is 0 Å². The predicted octanol–water partition coefficient (Wildman–Crippen LogP) is 4.02. The minimum absolute atomic E-state index is 0.152. The van der Waals surface area contributed by atoms with Gasteiger partial charge in [-0.3, -0.25) is 4.79 Å². The Labute approximate surface area is 157 Å². The molecular formula is C20H22N2O3S. The maximum Gasteiger partial charge on any atom is 0.255 e. The van der Waals surface area contributed by atoms with Gasteiger partial charge in [0.1, 0.15) is 11.5 Å². The van der Waals surface area contributed by atoms with Crippen molar-refractivity contribution in [1.29, 1.82) is 0 Å². The fourth-order valence-electron chi connectivity index (χ4n) is 2.84. The molecule has 3 rings (SSSR count). The number of thioether (sulfide) groups is 1. The largest absolute Gasteiger partial charge is 0.497 e. The molecule has 0 unspecified atom stereocenters. The van der Waals surface area contributed by atoms with Gasteiger partial charge < -0.3 is 19.8 Å². The monoisotopic (exact) mass is 370 g/mol. The number of aryl methyl sites for hydroxylation is 1. The smallest absolute Gasteiger partial charge is 0.255 e. The number of hydrogen-bond acceptors (Lipinski definition) is 4. The lowest BCUT2D eigenvalue weighted by atomic mass is 10.2. The molecule has 2 N–H and O–H groups in total. The molecule has 1 amide bonds. The molecule has 0 bridgehead atoms. The second-order valence-corrected chi connectivity index (χ2v) is 6.90. The van der Waals surface area contributed by atoms with E-state index in [2.05, 4.69) is 29.4 Å². The van der Waals surface area contributed by atoms with Crippen LogP contribution in [-0.4, -0.2) is 37.4 Å². The van der Waals surface area contributed by atoms with Gasteiger partial charge in [0.05, 0.1) is 19.8 Å². The van der Waals surface area contributed by atoms with Crippen LogP contribution in [0.2, 0.25) is 0 Å². The molecule has 0 aliphatic carbocycles. The van der Waals surface area contributed by atoms with E-state index in [-0.39, 0.29) is 5.91 Å². The first kappa shape index (κ1) is 18.2. The number of carbonyl (C=O) groups excluding carboxylic acids is 1. The molecule has 0 saturated heterocycles. The van der Waals surface area contributed by atoms with Crippen molar-refractivity contribution < 1.29 is 14.3 Å². The number of fused-ring (bicyclic) bond motifs is 1. The third-order valence-corrected chi connectivity index (χ3v) is 5.34. The number of para-hydroxylation sites is 1. The number of hydrogen-bond donors (Lipinski definition) is 2. The SMILES string of the molecule is COc1ccc(C(=O)NCCSc2c(C)[nH]c3ccccc23)c(OC)c1. The number of aromatic nitrogens is 1. The van der Waals surface area contributed by atoms with Gasteiger partial charge in [-0.15, -0.1) is 11.8 Å². The zero-order chi connectivity index (χ0) is 18.5. The van der Waals surface area contributed by atoms with Crippen LogP contribution in [-0.2, 0) is 0 Å². The first-order chi connectivity index (χ1) is 12.6. The van der Waals surface area contributed by atoms with Crippen LogP contribution in [0.5, 0.6) is 11.5 Å². The second-order valence-electron chi connectivity index (χ2n) is 5.80. The Morgan fingerprint density at radius 2 is 1.96 bits per heavy atom. The van der Waals surface area contributed by atoms with E-state index in [1.807, 2.05) is 12.1 Å². The number of amides is 1. The van der Waals surface area contributed by atoms with Crippen molar-refractivity contribution in [1.82, 2.24) is 10.3 Å². The van der Waals surface area contributed by atoms with Crippen molar-refractivity contribution in [2.75, 3.05) is 26.5 Å². The number of aromatic amines is 1. The molecule has 1 aromatic heterocycles. The van der Waals surface area contributed by atoms with Crippen molar-refractivity contribution in [3.63, 3.8) is 0 Å². The number of rotatable bonds is 7. The number of nitrogens with one attached hydrogen (secondary N) is 2. The molecule has 0 aliphatic rings. The Hall–Kier alpha value is -2.60. The van der Waals surface area contributed by atoms with Crippen LogP contribution in [0, 0.1) is 6.92 Å². The van der Waals surface area contributed by atoms with Crippen LogP contribution in [0.1, 0.15) is 16.1 Å². The van der Waals surface area contributed by atoms with Crippen molar-refractivity contribution in [3.8, 4) is 11.5 Å². The van der Waals surface area contributed by atoms with Gasteiger partial charge >= 0.3 is 0 Å². The van der Waals surface area contributed by atoms with Gasteiger partial charge in [0.2, 0.25) is 0 Å². The molecule has 0 spiro atoms. The minimum Gasteiger partial charge on any atom is -0.497 e. The molecule has 0 saturated carbocycles. The van der Waals surface area contributed by atoms with E-state index in [4.69, 9.17) is 9.47 Å². The van der Waals surface area contributed by atoms with Crippen molar-refractivity contribution in [2.24, 2.45) is 0 Å². The number of methoxy groups -OCH3 is 2. The molecule has 26 heavy (non-hydrogen) atoms. The summed E-state index contributed by atoms with van der Waals surface area (Å²) in [4.78, 5) is 17.0. The van der Waals surface area contributed by atoms with Gasteiger partial charge in [0.25, 0.3) is 5.91 Å². The zero-order valence-electron chi connectivity index (χ0n) is 15.1. The van der Waals surface area contributed by atoms with Gasteiger partial charge in [-0.2, -0.15) is 0 Å². The summed E-state index contributed by atoms with van der Waals surface area (Å²) in [5.41, 5.74) is 2.79. The molecule has 1 heterocycles. The van der Waals surface area contributed by atoms with Crippen LogP contribution in [0.3, 0.4) is 0 Å². The number of carbonyl (C=O) groups is 1. The first-order valence-electron chi connectivity index (χ1n) is 8.34. The van der Waals surface area contributed by atoms with Gasteiger partial charge in [-0.05, 0) is 25.1 Å². The Morgan fingerprint density at radius 3 is 2.73 bits per heavy atom. The maximum absolute atomic E-state index is 12.4. The van der Waals surface area contributed by atoms with Crippen LogP contribution < -0.4 is 14.8 Å². The summed E-state index contributed by atoms with van der Waals surface area (Å²) < 4.78 is 10.4. The normalized spacial score (nSPS) is 10.7. The third-order valence-electron chi connectivity index (χ3n) is 4.12. The molecule has 0 atom stereocenters. The van der Waals surface area contributed by atoms with Gasteiger partial charge in [-0.1, -0.05) is 18.2 Å². The highest BCUT2D eigenvalue weighted by atomic mass is 32.2. The molecule has 0 radical (unpaired) electrons. The number of H-pyrrole nitrogens is 1. The fraction of sp³-hybridized carbons (Fsp3) is 0.250. The Kier molecular flexibility index (Phi) is 5.73. The average Bonchev–Trinajstić information content (AvgIpc) is 2.99. The Morgan fingerprint density at radius 1 is 1.15 bits per heavy atom. The van der Waals surface area contributed by atoms with E-state index < -0.39 is 0 Å². The topological polar surface area (TPSA) is 63.3 Å². The second kappa shape index (κ2) is 8.19. The van der Waals surface area contributed by atoms with E-state index in [1.54, 1.807) is 44.2 Å². The highest BCUT2D eigenvalue weighted by Gasteiger charge is 2.13. The van der Waals surface area contributed by atoms with Crippen LogP contribution >= 0.6 is 11.8 Å². The number of benzene rings is 2. The Bertz CT molecular complexity index is 921. The molecule has 6 heteroatoms. The van der Waals surface area contributed by atoms with E-state index in [0.29, 0.717) is 23.6 Å². The van der Waals surface area contributed by atoms with Gasteiger partial charge in [0.15, 0.2) is 0 Å². The lowest BCUT2D eigenvalue weighted by Crippen LogP contribution is -2.26. The molecule has 136 valence electrons. The first-order valence-corrected chi connectivity index (χ1v) is 9.33. The summed E-state index contributed by atoms with van der Waals surface area (Å²) >= 11 is 1.74. The molecule has 5 nitrogen and oxygen atoms in total. The lowest BCUT2D eigenvalue weighted by molar-refractivity contribution is 0.0953. The third kappa shape index (κ3) is 3.80. The highest BCUT2D eigenvalue weighted by molar-refractivity contribution is 7.99. The fourth-order valence-corrected chi connectivity index (χ4v) is 3.85. The van der Waals surface area contributed by atoms with Crippen LogP contribution in [0.15, 0.2) is 47.4 Å². The van der Waals surface area contributed by atoms with Crippen LogP contribution in [0.25, 0.3) is 10.9 Å². The van der Waals surface area contributed by atoms with Crippen molar-refractivity contribution in [2.45, 2.75) is 11.8 Å². The molecule has 0 aliphatic heterocycles. The molecule has 3 aromatic rings. The van der Waals surface area contributed by atoms with E-state index in [1.165, 1.54) is 10.3 Å². The number of ether oxygens (including phenoxy) is 2. The van der Waals surface area contributed by atoms with Crippen LogP contribution in [0.4, 0.5) is 0 Å². The summed E-state index contributed by atoms with van der Waals surface area (Å²) in [5, 5.41) is 4.17. The Balaban J connectivity index is 1.60. The lowest BCUT2D eigenvalue weighted by Gasteiger charge is -2.11. The molecular weight excluding hydrogens is 348 g/mol. The van der Waals surface area contributed by atoms with Gasteiger partial charge in [0, 0.05) is 39.9 Å². The summed E-state index contributed by atoms with van der Waals surface area (Å²) in [5.74, 6) is 1.79. The summed E-state index contributed by atoms with van der Waals surface area (Å²) in [6, 6.07) is 13.4. The van der Waals surface area contributed by atoms with E-state index in [9.17, 15) is 4.79 Å². The standard InChI is InChI=1S/C20H22N2O3S/c1-13-19(15-6-4-5-7-17(15)22-13)26-11-10-21-20(23)16-9-8-14(24-2)12-18(16)25-3/h4-9,12,22H,10-11H2,1-3H3,(H,21,23). The van der Waals surface area contributed by atoms with Crippen molar-refractivity contribution >= 4 is 28.6 Å².